The van der Waals surface area contributed by atoms with Gasteiger partial charge in [0.1, 0.15) is 5.82 Å². The summed E-state index contributed by atoms with van der Waals surface area (Å²) >= 11 is 4.41. The first-order valence-corrected chi connectivity index (χ1v) is 11.4. The maximum atomic E-state index is 13.5. The van der Waals surface area contributed by atoms with Gasteiger partial charge in [-0.25, -0.2) is 9.37 Å². The lowest BCUT2D eigenvalue weighted by Gasteiger charge is -2.06. The first kappa shape index (κ1) is 19.9. The number of carbonyl (C=O) groups excluding carboxylic acids is 1. The summed E-state index contributed by atoms with van der Waals surface area (Å²) in [6, 6.07) is 8.22. The molecule has 1 N–H and O–H groups in total. The van der Waals surface area contributed by atoms with E-state index in [0.29, 0.717) is 40.0 Å². The molecule has 1 aromatic carbocycles. The van der Waals surface area contributed by atoms with Gasteiger partial charge in [-0.15, -0.1) is 23.1 Å². The molecule has 3 rings (SSSR count). The molecule has 5 nitrogen and oxygen atoms in total. The number of benzene rings is 1. The van der Waals surface area contributed by atoms with Crippen LogP contribution in [0.25, 0.3) is 4.96 Å². The van der Waals surface area contributed by atoms with Crippen molar-refractivity contribution < 1.29 is 9.18 Å². The standard InChI is InChI=1S/C18H18FN3O2S3/c19-15-4-2-1-3-13(15)10-25-7-5-20-16(23)12-26-11-14-9-17(24)22-6-8-27-18(22)21-14/h1-4,6,8-9H,5,7,10-12H2,(H,20,23). The second-order valence-electron chi connectivity index (χ2n) is 5.63. The molecule has 0 aliphatic carbocycles. The molecule has 0 spiro atoms. The molecule has 142 valence electrons. The minimum absolute atomic E-state index is 0.0552. The highest BCUT2D eigenvalue weighted by Gasteiger charge is 2.06. The lowest BCUT2D eigenvalue weighted by molar-refractivity contribution is -0.118. The van der Waals surface area contributed by atoms with Crippen molar-refractivity contribution in [3.8, 4) is 0 Å². The number of halogens is 1. The molecule has 2 aromatic heterocycles. The van der Waals surface area contributed by atoms with Gasteiger partial charge in [0, 0.05) is 41.4 Å². The third kappa shape index (κ3) is 5.82. The molecular formula is C18H18FN3O2S3. The van der Waals surface area contributed by atoms with Crippen LogP contribution in [-0.4, -0.2) is 33.3 Å². The predicted octanol–water partition coefficient (Wildman–Crippen LogP) is 3.18. The topological polar surface area (TPSA) is 63.5 Å². The van der Waals surface area contributed by atoms with Gasteiger partial charge in [-0.1, -0.05) is 18.2 Å². The summed E-state index contributed by atoms with van der Waals surface area (Å²) in [4.78, 5) is 28.8. The predicted molar refractivity (Wildman–Crippen MR) is 111 cm³/mol. The van der Waals surface area contributed by atoms with Crippen LogP contribution in [0.4, 0.5) is 4.39 Å². The Morgan fingerprint density at radius 2 is 2.11 bits per heavy atom. The third-order valence-corrected chi connectivity index (χ3v) is 6.35. The molecule has 9 heteroatoms. The summed E-state index contributed by atoms with van der Waals surface area (Å²) in [5, 5.41) is 4.67. The van der Waals surface area contributed by atoms with Gasteiger partial charge in [0.25, 0.3) is 5.56 Å². The van der Waals surface area contributed by atoms with Crippen LogP contribution in [0.2, 0.25) is 0 Å². The van der Waals surface area contributed by atoms with E-state index in [4.69, 9.17) is 0 Å². The van der Waals surface area contributed by atoms with E-state index in [1.165, 1.54) is 39.6 Å². The molecule has 0 bridgehead atoms. The van der Waals surface area contributed by atoms with Crippen molar-refractivity contribution in [2.75, 3.05) is 18.1 Å². The minimum Gasteiger partial charge on any atom is -0.355 e. The van der Waals surface area contributed by atoms with Crippen LogP contribution in [0.5, 0.6) is 0 Å². The summed E-state index contributed by atoms with van der Waals surface area (Å²) in [5.41, 5.74) is 1.25. The Morgan fingerprint density at radius 3 is 2.96 bits per heavy atom. The smallest absolute Gasteiger partial charge is 0.258 e. The van der Waals surface area contributed by atoms with Crippen LogP contribution < -0.4 is 10.9 Å². The number of nitrogens with zero attached hydrogens (tertiary/aromatic N) is 2. The molecule has 27 heavy (non-hydrogen) atoms. The van der Waals surface area contributed by atoms with E-state index >= 15 is 0 Å². The van der Waals surface area contributed by atoms with Gasteiger partial charge in [-0.3, -0.25) is 14.0 Å². The van der Waals surface area contributed by atoms with E-state index in [2.05, 4.69) is 10.3 Å². The van der Waals surface area contributed by atoms with Gasteiger partial charge in [-0.05, 0) is 11.6 Å². The summed E-state index contributed by atoms with van der Waals surface area (Å²) in [7, 11) is 0. The van der Waals surface area contributed by atoms with Crippen LogP contribution in [-0.2, 0) is 16.3 Å². The van der Waals surface area contributed by atoms with E-state index in [-0.39, 0.29) is 17.3 Å². The quantitative estimate of drug-likeness (QED) is 0.536. The van der Waals surface area contributed by atoms with Gasteiger partial charge >= 0.3 is 0 Å². The molecule has 0 saturated carbocycles. The molecule has 0 unspecified atom stereocenters. The summed E-state index contributed by atoms with van der Waals surface area (Å²) in [5.74, 6) is 1.88. The van der Waals surface area contributed by atoms with Crippen molar-refractivity contribution in [2.45, 2.75) is 11.5 Å². The lowest BCUT2D eigenvalue weighted by Crippen LogP contribution is -2.27. The van der Waals surface area contributed by atoms with Gasteiger partial charge in [0.15, 0.2) is 4.96 Å². The molecule has 0 radical (unpaired) electrons. The fourth-order valence-electron chi connectivity index (χ4n) is 2.32. The zero-order chi connectivity index (χ0) is 19.1. The van der Waals surface area contributed by atoms with E-state index in [1.807, 2.05) is 11.4 Å². The summed E-state index contributed by atoms with van der Waals surface area (Å²) < 4.78 is 15.0. The number of thiazole rings is 1. The Balaban J connectivity index is 1.32. The maximum Gasteiger partial charge on any atom is 0.258 e. The fourth-order valence-corrected chi connectivity index (χ4v) is 4.65. The van der Waals surface area contributed by atoms with Crippen molar-refractivity contribution in [1.29, 1.82) is 0 Å². The number of nitrogens with one attached hydrogen (secondary N) is 1. The largest absolute Gasteiger partial charge is 0.355 e. The molecule has 0 aliphatic rings. The molecule has 3 aromatic rings. The number of fused-ring (bicyclic) bond motifs is 1. The van der Waals surface area contributed by atoms with Crippen LogP contribution >= 0.6 is 34.9 Å². The van der Waals surface area contributed by atoms with Crippen molar-refractivity contribution in [3.63, 3.8) is 0 Å². The highest BCUT2D eigenvalue weighted by molar-refractivity contribution is 7.99. The zero-order valence-corrected chi connectivity index (χ0v) is 16.8. The summed E-state index contributed by atoms with van der Waals surface area (Å²) in [6.45, 7) is 0.541. The average molecular weight is 424 g/mol. The average Bonchev–Trinajstić information content (AvgIpc) is 3.12. The van der Waals surface area contributed by atoms with Crippen molar-refractivity contribution in [1.82, 2.24) is 14.7 Å². The molecular weight excluding hydrogens is 405 g/mol. The third-order valence-electron chi connectivity index (χ3n) is 3.62. The number of amides is 1. The van der Waals surface area contributed by atoms with Crippen LogP contribution in [0.3, 0.4) is 0 Å². The fraction of sp³-hybridized carbons (Fsp3) is 0.278. The first-order chi connectivity index (χ1) is 13.1. The first-order valence-electron chi connectivity index (χ1n) is 8.25. The normalized spacial score (nSPS) is 11.0. The van der Waals surface area contributed by atoms with Crippen LogP contribution in [0, 0.1) is 5.82 Å². The van der Waals surface area contributed by atoms with E-state index < -0.39 is 0 Å². The number of hydrogen-bond donors (Lipinski definition) is 1. The molecule has 0 saturated heterocycles. The van der Waals surface area contributed by atoms with Gasteiger partial charge in [0.05, 0.1) is 11.4 Å². The number of aromatic nitrogens is 2. The van der Waals surface area contributed by atoms with E-state index in [1.54, 1.807) is 30.1 Å². The van der Waals surface area contributed by atoms with Crippen molar-refractivity contribution >= 4 is 45.7 Å². The molecule has 0 atom stereocenters. The Kier molecular flexibility index (Phi) is 7.31. The second-order valence-corrected chi connectivity index (χ2v) is 8.59. The van der Waals surface area contributed by atoms with Crippen molar-refractivity contribution in [2.24, 2.45) is 0 Å². The molecule has 2 heterocycles. The van der Waals surface area contributed by atoms with Gasteiger partial charge in [0.2, 0.25) is 5.91 Å². The number of hydrogen-bond acceptors (Lipinski definition) is 6. The highest BCUT2D eigenvalue weighted by Crippen LogP contribution is 2.15. The minimum atomic E-state index is -0.195. The van der Waals surface area contributed by atoms with Crippen molar-refractivity contribution in [3.05, 3.63) is 69.3 Å². The number of carbonyl (C=O) groups is 1. The van der Waals surface area contributed by atoms with Gasteiger partial charge < -0.3 is 5.32 Å². The SMILES string of the molecule is O=C(CSCc1cc(=O)n2ccsc2n1)NCCSCc1ccccc1F. The van der Waals surface area contributed by atoms with E-state index in [9.17, 15) is 14.0 Å². The Bertz CT molecular complexity index is 974. The van der Waals surface area contributed by atoms with Crippen LogP contribution in [0.15, 0.2) is 46.7 Å². The van der Waals surface area contributed by atoms with Crippen LogP contribution in [0.1, 0.15) is 11.3 Å². The number of rotatable bonds is 9. The highest BCUT2D eigenvalue weighted by atomic mass is 32.2. The maximum absolute atomic E-state index is 13.5. The molecule has 0 aliphatic heterocycles. The lowest BCUT2D eigenvalue weighted by atomic mass is 10.2. The molecule has 0 fully saturated rings. The Morgan fingerprint density at radius 1 is 1.26 bits per heavy atom. The zero-order valence-electron chi connectivity index (χ0n) is 14.4. The Labute approximate surface area is 168 Å². The van der Waals surface area contributed by atoms with Gasteiger partial charge in [-0.2, -0.15) is 11.8 Å². The Hall–Kier alpha value is -1.84. The summed E-state index contributed by atoms with van der Waals surface area (Å²) in [6.07, 6.45) is 1.70. The monoisotopic (exact) mass is 423 g/mol. The van der Waals surface area contributed by atoms with E-state index in [0.717, 1.165) is 5.75 Å². The molecule has 1 amide bonds. The number of thioether (sulfide) groups is 2. The second kappa shape index (κ2) is 9.91.